The number of benzene rings is 1. The van der Waals surface area contributed by atoms with E-state index in [0.29, 0.717) is 5.88 Å². The number of aromatic nitrogens is 1. The highest BCUT2D eigenvalue weighted by Gasteiger charge is 1.97. The predicted octanol–water partition coefficient (Wildman–Crippen LogP) is 3.29. The molecule has 0 aliphatic carbocycles. The number of thioether (sulfide) groups is 1. The summed E-state index contributed by atoms with van der Waals surface area (Å²) >= 11 is 1.83. The van der Waals surface area contributed by atoms with E-state index in [1.807, 2.05) is 36.0 Å². The smallest absolute Gasteiger partial charge is 0.214 e. The molecule has 2 aromatic rings. The zero-order chi connectivity index (χ0) is 12.6. The van der Waals surface area contributed by atoms with E-state index >= 15 is 0 Å². The van der Waals surface area contributed by atoms with Crippen molar-refractivity contribution < 1.29 is 4.74 Å². The molecule has 0 radical (unpaired) electrons. The Kier molecular flexibility index (Phi) is 4.90. The molecule has 0 spiro atoms. The van der Waals surface area contributed by atoms with Crippen LogP contribution in [0.3, 0.4) is 0 Å². The van der Waals surface area contributed by atoms with Gasteiger partial charge in [-0.2, -0.15) is 4.98 Å². The third-order valence-corrected chi connectivity index (χ3v) is 3.37. The second-order valence-electron chi connectivity index (χ2n) is 3.65. The molecule has 0 bridgehead atoms. The number of hydrogen-bond donors (Lipinski definition) is 1. The van der Waals surface area contributed by atoms with Gasteiger partial charge in [0.15, 0.2) is 0 Å². The minimum Gasteiger partial charge on any atom is -0.481 e. The number of hydrogen-bond acceptors (Lipinski definition) is 4. The van der Waals surface area contributed by atoms with Gasteiger partial charge in [-0.25, -0.2) is 0 Å². The Morgan fingerprint density at radius 1 is 1.11 bits per heavy atom. The SMILES string of the molecule is COc1cccc(NCCSc2ccccc2)n1. The Morgan fingerprint density at radius 3 is 2.72 bits per heavy atom. The van der Waals surface area contributed by atoms with Crippen molar-refractivity contribution in [3.8, 4) is 5.88 Å². The molecule has 1 N–H and O–H groups in total. The largest absolute Gasteiger partial charge is 0.481 e. The lowest BCUT2D eigenvalue weighted by molar-refractivity contribution is 0.398. The second kappa shape index (κ2) is 6.91. The number of nitrogens with zero attached hydrogens (tertiary/aromatic N) is 1. The van der Waals surface area contributed by atoms with Crippen LogP contribution in [-0.4, -0.2) is 24.4 Å². The molecule has 2 rings (SSSR count). The molecule has 0 amide bonds. The lowest BCUT2D eigenvalue weighted by Crippen LogP contribution is -2.05. The average molecular weight is 260 g/mol. The molecule has 0 saturated carbocycles. The van der Waals surface area contributed by atoms with Crippen LogP contribution in [0.25, 0.3) is 0 Å². The first kappa shape index (κ1) is 12.8. The monoisotopic (exact) mass is 260 g/mol. The number of ether oxygens (including phenoxy) is 1. The Labute approximate surface area is 112 Å². The van der Waals surface area contributed by atoms with Gasteiger partial charge in [0.1, 0.15) is 5.82 Å². The van der Waals surface area contributed by atoms with Gasteiger partial charge in [-0.1, -0.05) is 24.3 Å². The highest BCUT2D eigenvalue weighted by atomic mass is 32.2. The minimum absolute atomic E-state index is 0.635. The first-order valence-corrected chi connectivity index (χ1v) is 6.80. The summed E-state index contributed by atoms with van der Waals surface area (Å²) in [6.45, 7) is 0.875. The quantitative estimate of drug-likeness (QED) is 0.638. The van der Waals surface area contributed by atoms with E-state index in [1.54, 1.807) is 7.11 Å². The molecule has 0 atom stereocenters. The van der Waals surface area contributed by atoms with E-state index in [4.69, 9.17) is 4.74 Å². The van der Waals surface area contributed by atoms with Crippen molar-refractivity contribution in [1.29, 1.82) is 0 Å². The molecule has 18 heavy (non-hydrogen) atoms. The summed E-state index contributed by atoms with van der Waals surface area (Å²) in [5.74, 6) is 2.49. The van der Waals surface area contributed by atoms with Gasteiger partial charge in [0.25, 0.3) is 0 Å². The Balaban J connectivity index is 1.75. The molecule has 1 heterocycles. The summed E-state index contributed by atoms with van der Waals surface area (Å²) in [6, 6.07) is 16.1. The number of nitrogens with one attached hydrogen (secondary N) is 1. The van der Waals surface area contributed by atoms with Gasteiger partial charge in [-0.15, -0.1) is 11.8 Å². The zero-order valence-corrected chi connectivity index (χ0v) is 11.1. The average Bonchev–Trinajstić information content (AvgIpc) is 2.45. The second-order valence-corrected chi connectivity index (χ2v) is 4.82. The van der Waals surface area contributed by atoms with Gasteiger partial charge < -0.3 is 10.1 Å². The maximum Gasteiger partial charge on any atom is 0.214 e. The first-order valence-electron chi connectivity index (χ1n) is 5.81. The molecule has 4 heteroatoms. The molecule has 0 aliphatic rings. The highest BCUT2D eigenvalue weighted by molar-refractivity contribution is 7.99. The van der Waals surface area contributed by atoms with Crippen LogP contribution in [0, 0.1) is 0 Å². The van der Waals surface area contributed by atoms with Gasteiger partial charge in [0.05, 0.1) is 7.11 Å². The van der Waals surface area contributed by atoms with Gasteiger partial charge in [-0.05, 0) is 18.2 Å². The summed E-state index contributed by atoms with van der Waals surface area (Å²) < 4.78 is 5.07. The van der Waals surface area contributed by atoms with E-state index < -0.39 is 0 Å². The zero-order valence-electron chi connectivity index (χ0n) is 10.3. The lowest BCUT2D eigenvalue weighted by atomic mass is 10.4. The standard InChI is InChI=1S/C14H16N2OS/c1-17-14-9-5-8-13(16-14)15-10-11-18-12-6-3-2-4-7-12/h2-9H,10-11H2,1H3,(H,15,16). The van der Waals surface area contributed by atoms with Crippen molar-refractivity contribution in [2.45, 2.75) is 4.90 Å². The molecule has 0 unspecified atom stereocenters. The molecule has 0 fully saturated rings. The van der Waals surface area contributed by atoms with E-state index in [9.17, 15) is 0 Å². The highest BCUT2D eigenvalue weighted by Crippen LogP contribution is 2.17. The molecule has 94 valence electrons. The summed E-state index contributed by atoms with van der Waals surface area (Å²) in [5, 5.41) is 3.28. The molecule has 0 aliphatic heterocycles. The van der Waals surface area contributed by atoms with Crippen LogP contribution >= 0.6 is 11.8 Å². The van der Waals surface area contributed by atoms with Crippen molar-refractivity contribution in [1.82, 2.24) is 4.98 Å². The number of methoxy groups -OCH3 is 1. The van der Waals surface area contributed by atoms with E-state index in [1.165, 1.54) is 4.90 Å². The van der Waals surface area contributed by atoms with Gasteiger partial charge in [-0.3, -0.25) is 0 Å². The van der Waals surface area contributed by atoms with Gasteiger partial charge in [0, 0.05) is 23.3 Å². The van der Waals surface area contributed by atoms with Crippen LogP contribution in [0.15, 0.2) is 53.4 Å². The van der Waals surface area contributed by atoms with Crippen LogP contribution in [-0.2, 0) is 0 Å². The Morgan fingerprint density at radius 2 is 1.94 bits per heavy atom. The normalized spacial score (nSPS) is 10.1. The molecule has 3 nitrogen and oxygen atoms in total. The van der Waals surface area contributed by atoms with Crippen LogP contribution in [0.1, 0.15) is 0 Å². The van der Waals surface area contributed by atoms with E-state index in [0.717, 1.165) is 18.1 Å². The number of rotatable bonds is 6. The fourth-order valence-electron chi connectivity index (χ4n) is 1.49. The number of anilines is 1. The topological polar surface area (TPSA) is 34.1 Å². The van der Waals surface area contributed by atoms with Gasteiger partial charge in [0.2, 0.25) is 5.88 Å². The van der Waals surface area contributed by atoms with E-state index in [-0.39, 0.29) is 0 Å². The minimum atomic E-state index is 0.635. The fraction of sp³-hybridized carbons (Fsp3) is 0.214. The molecular formula is C14H16N2OS. The first-order chi connectivity index (χ1) is 8.88. The van der Waals surface area contributed by atoms with E-state index in [2.05, 4.69) is 34.6 Å². The molecule has 1 aromatic heterocycles. The summed E-state index contributed by atoms with van der Waals surface area (Å²) in [6.07, 6.45) is 0. The van der Waals surface area contributed by atoms with Crippen LogP contribution in [0.2, 0.25) is 0 Å². The lowest BCUT2D eigenvalue weighted by Gasteiger charge is -2.06. The van der Waals surface area contributed by atoms with Crippen molar-refractivity contribution in [2.75, 3.05) is 24.7 Å². The maximum atomic E-state index is 5.07. The fourth-order valence-corrected chi connectivity index (χ4v) is 2.28. The predicted molar refractivity (Wildman–Crippen MR) is 76.4 cm³/mol. The third kappa shape index (κ3) is 3.96. The van der Waals surface area contributed by atoms with Crippen molar-refractivity contribution in [3.05, 3.63) is 48.5 Å². The Bertz CT molecular complexity index is 476. The van der Waals surface area contributed by atoms with Crippen LogP contribution < -0.4 is 10.1 Å². The van der Waals surface area contributed by atoms with Crippen LogP contribution in [0.4, 0.5) is 5.82 Å². The molecule has 1 aromatic carbocycles. The van der Waals surface area contributed by atoms with Gasteiger partial charge >= 0.3 is 0 Å². The van der Waals surface area contributed by atoms with Crippen LogP contribution in [0.5, 0.6) is 5.88 Å². The summed E-state index contributed by atoms with van der Waals surface area (Å²) in [7, 11) is 1.62. The third-order valence-electron chi connectivity index (χ3n) is 2.35. The Hall–Kier alpha value is -1.68. The molecule has 0 saturated heterocycles. The number of pyridine rings is 1. The van der Waals surface area contributed by atoms with Crippen molar-refractivity contribution in [3.63, 3.8) is 0 Å². The summed E-state index contributed by atoms with van der Waals surface area (Å²) in [5.41, 5.74) is 0. The molecular weight excluding hydrogens is 244 g/mol. The maximum absolute atomic E-state index is 5.07. The van der Waals surface area contributed by atoms with Crippen molar-refractivity contribution >= 4 is 17.6 Å². The summed E-state index contributed by atoms with van der Waals surface area (Å²) in [4.78, 5) is 5.58. The van der Waals surface area contributed by atoms with Crippen molar-refractivity contribution in [2.24, 2.45) is 0 Å².